The molecule has 19 atom stereocenters. The quantitative estimate of drug-likeness (QED) is 0.0956. The fourth-order valence-electron chi connectivity index (χ4n) is 5.81. The van der Waals surface area contributed by atoms with Crippen LogP contribution < -0.4 is 5.32 Å². The van der Waals surface area contributed by atoms with E-state index in [2.05, 4.69) is 5.32 Å². The summed E-state index contributed by atoms with van der Waals surface area (Å²) in [6.07, 6.45) is -29.4. The van der Waals surface area contributed by atoms with Crippen LogP contribution >= 0.6 is 0 Å². The number of aliphatic hydroxyl groups is 12. The molecule has 47 heavy (non-hydrogen) atoms. The highest BCUT2D eigenvalue weighted by molar-refractivity contribution is 5.73. The zero-order valence-corrected chi connectivity index (χ0v) is 25.1. The van der Waals surface area contributed by atoms with Crippen LogP contribution in [0.2, 0.25) is 0 Å². The summed E-state index contributed by atoms with van der Waals surface area (Å²) in [7, 11) is 0. The number of carbonyl (C=O) groups is 1. The number of hydrogen-bond acceptors (Lipinski definition) is 20. The molecule has 4 fully saturated rings. The Morgan fingerprint density at radius 1 is 0.638 bits per heavy atom. The van der Waals surface area contributed by atoms with E-state index in [4.69, 9.17) is 33.2 Å². The third kappa shape index (κ3) is 8.54. The molecule has 0 aromatic carbocycles. The maximum atomic E-state index is 11.7. The number of rotatable bonds is 11. The number of aliphatic hydroxyl groups excluding tert-OH is 12. The second-order valence-electron chi connectivity index (χ2n) is 11.8. The van der Waals surface area contributed by atoms with E-state index in [0.717, 1.165) is 6.92 Å². The Morgan fingerprint density at radius 3 is 1.72 bits per heavy atom. The lowest BCUT2D eigenvalue weighted by atomic mass is 9.96. The summed E-state index contributed by atoms with van der Waals surface area (Å²) >= 11 is 0. The van der Waals surface area contributed by atoms with E-state index in [1.807, 2.05) is 0 Å². The Balaban J connectivity index is 1.55. The van der Waals surface area contributed by atoms with Crippen molar-refractivity contribution in [3.8, 4) is 0 Å². The first-order chi connectivity index (χ1) is 22.2. The summed E-state index contributed by atoms with van der Waals surface area (Å²) < 4.78 is 39.0. The molecule has 4 heterocycles. The number of ether oxygens (including phenoxy) is 7. The number of carbonyl (C=O) groups excluding carboxylic acids is 1. The normalized spacial score (nSPS) is 49.4. The predicted octanol–water partition coefficient (Wildman–Crippen LogP) is -8.58. The van der Waals surface area contributed by atoms with Crippen LogP contribution in [0.4, 0.5) is 0 Å². The van der Waals surface area contributed by atoms with Gasteiger partial charge in [-0.05, 0) is 0 Å². The topological polar surface area (TPSA) is 336 Å². The second-order valence-corrected chi connectivity index (χ2v) is 11.8. The predicted molar refractivity (Wildman–Crippen MR) is 144 cm³/mol. The Bertz CT molecular complexity index is 994. The highest BCUT2D eigenvalue weighted by atomic mass is 16.8. The maximum absolute atomic E-state index is 11.7. The smallest absolute Gasteiger partial charge is 0.217 e. The third-order valence-electron chi connectivity index (χ3n) is 8.47. The van der Waals surface area contributed by atoms with Crippen LogP contribution in [0.15, 0.2) is 0 Å². The molecule has 4 saturated heterocycles. The molecule has 274 valence electrons. The summed E-state index contributed by atoms with van der Waals surface area (Å²) in [6, 6.07) is -1.44. The van der Waals surface area contributed by atoms with Gasteiger partial charge in [-0.25, -0.2) is 0 Å². The Labute approximate surface area is 267 Å². The first kappa shape index (κ1) is 38.5. The minimum atomic E-state index is -1.86. The van der Waals surface area contributed by atoms with Crippen LogP contribution in [0.25, 0.3) is 0 Å². The minimum Gasteiger partial charge on any atom is -0.394 e. The molecule has 0 aliphatic carbocycles. The standard InChI is InChI=1S/C26H45NO20/c1-7(31)27-13-17(35)22(12(5-30)43-23(13)40)47-25-16(34)9(44-26-21(39)19(37)15(33)11(4-29)46-26)2-8(42-25)6-41-24-20(38)18(36)14(32)10(3-28)45-24/h8-26,28-30,32-40H,2-6H2,1H3,(H,27,31)/t8-,9-,10+,11+,12+,13+,14+,15+,16-,17+,18-,19-,20-,21-,22+,23+,24-,25-,26-/m0/s1. The van der Waals surface area contributed by atoms with E-state index in [1.54, 1.807) is 0 Å². The molecule has 0 spiro atoms. The molecule has 21 nitrogen and oxygen atoms in total. The summed E-state index contributed by atoms with van der Waals surface area (Å²) in [5.74, 6) is -0.648. The molecule has 4 aliphatic heterocycles. The summed E-state index contributed by atoms with van der Waals surface area (Å²) in [5.41, 5.74) is 0. The van der Waals surface area contributed by atoms with Gasteiger partial charge in [0.15, 0.2) is 25.2 Å². The van der Waals surface area contributed by atoms with E-state index in [0.29, 0.717) is 0 Å². The van der Waals surface area contributed by atoms with Gasteiger partial charge >= 0.3 is 0 Å². The van der Waals surface area contributed by atoms with Gasteiger partial charge in [-0.15, -0.1) is 0 Å². The van der Waals surface area contributed by atoms with Crippen molar-refractivity contribution in [3.05, 3.63) is 0 Å². The van der Waals surface area contributed by atoms with Gasteiger partial charge in [-0.2, -0.15) is 0 Å². The molecule has 0 aromatic rings. The number of amides is 1. The van der Waals surface area contributed by atoms with Crippen molar-refractivity contribution < 1.29 is 99.2 Å². The second kappa shape index (κ2) is 16.6. The highest BCUT2D eigenvalue weighted by Gasteiger charge is 2.52. The van der Waals surface area contributed by atoms with Crippen molar-refractivity contribution in [3.63, 3.8) is 0 Å². The lowest BCUT2D eigenvalue weighted by Crippen LogP contribution is -2.66. The van der Waals surface area contributed by atoms with Crippen LogP contribution in [-0.2, 0) is 38.0 Å². The maximum Gasteiger partial charge on any atom is 0.217 e. The third-order valence-corrected chi connectivity index (χ3v) is 8.47. The zero-order chi connectivity index (χ0) is 34.7. The van der Waals surface area contributed by atoms with Crippen molar-refractivity contribution in [1.29, 1.82) is 0 Å². The van der Waals surface area contributed by atoms with Crippen LogP contribution in [0, 0.1) is 0 Å². The monoisotopic (exact) mass is 691 g/mol. The number of nitrogens with one attached hydrogen (secondary N) is 1. The molecule has 0 aromatic heterocycles. The lowest BCUT2D eigenvalue weighted by Gasteiger charge is -2.47. The molecule has 1 amide bonds. The molecule has 21 heteroatoms. The van der Waals surface area contributed by atoms with Crippen molar-refractivity contribution in [2.24, 2.45) is 0 Å². The first-order valence-electron chi connectivity index (χ1n) is 15.0. The largest absolute Gasteiger partial charge is 0.394 e. The van der Waals surface area contributed by atoms with E-state index in [-0.39, 0.29) is 6.42 Å². The Morgan fingerprint density at radius 2 is 1.17 bits per heavy atom. The number of hydrogen-bond donors (Lipinski definition) is 13. The molecule has 0 radical (unpaired) electrons. The van der Waals surface area contributed by atoms with Crippen LogP contribution in [-0.4, -0.2) is 210 Å². The van der Waals surface area contributed by atoms with Gasteiger partial charge in [0.25, 0.3) is 0 Å². The van der Waals surface area contributed by atoms with E-state index in [1.165, 1.54) is 0 Å². The zero-order valence-electron chi connectivity index (χ0n) is 25.1. The molecule has 0 saturated carbocycles. The van der Waals surface area contributed by atoms with Crippen LogP contribution in [0.1, 0.15) is 13.3 Å². The summed E-state index contributed by atoms with van der Waals surface area (Å²) in [4.78, 5) is 11.7. The summed E-state index contributed by atoms with van der Waals surface area (Å²) in [5, 5.41) is 125. The van der Waals surface area contributed by atoms with Crippen molar-refractivity contribution in [1.82, 2.24) is 5.32 Å². The molecule has 4 aliphatic rings. The van der Waals surface area contributed by atoms with Gasteiger partial charge in [-0.3, -0.25) is 4.79 Å². The van der Waals surface area contributed by atoms with Gasteiger partial charge in [0, 0.05) is 13.3 Å². The van der Waals surface area contributed by atoms with Gasteiger partial charge in [-0.1, -0.05) is 0 Å². The fourth-order valence-corrected chi connectivity index (χ4v) is 5.81. The fraction of sp³-hybridized carbons (Fsp3) is 0.962. The van der Waals surface area contributed by atoms with Crippen molar-refractivity contribution >= 4 is 5.91 Å². The van der Waals surface area contributed by atoms with Gasteiger partial charge in [0.2, 0.25) is 5.91 Å². The van der Waals surface area contributed by atoms with Crippen molar-refractivity contribution in [2.45, 2.75) is 130 Å². The average molecular weight is 692 g/mol. The Hall–Kier alpha value is -1.29. The molecule has 0 unspecified atom stereocenters. The van der Waals surface area contributed by atoms with Crippen LogP contribution in [0.5, 0.6) is 0 Å². The highest BCUT2D eigenvalue weighted by Crippen LogP contribution is 2.33. The van der Waals surface area contributed by atoms with Gasteiger partial charge in [0.1, 0.15) is 79.3 Å². The molecule has 4 rings (SSSR count). The van der Waals surface area contributed by atoms with Gasteiger partial charge in [0.05, 0.1) is 38.6 Å². The first-order valence-corrected chi connectivity index (χ1v) is 15.0. The van der Waals surface area contributed by atoms with E-state index >= 15 is 0 Å². The SMILES string of the molecule is CC(=O)N[C@@H]1[C@@H](O)[C@H](O[C@@H]2O[C@H](CO[C@H]3O[C@H](CO)[C@@H](O)[C@H](O)[C@@H]3O)C[C@H](O[C@H]3O[C@H](CO)[C@@H](O)[C@H](O)[C@@H]3O)[C@@H]2O)[C@@H](CO)O[C@H]1O. The van der Waals surface area contributed by atoms with E-state index < -0.39 is 149 Å². The van der Waals surface area contributed by atoms with Gasteiger partial charge < -0.3 is 99.8 Å². The molecular formula is C26H45NO20. The minimum absolute atomic E-state index is 0.284. The van der Waals surface area contributed by atoms with Crippen LogP contribution in [0.3, 0.4) is 0 Å². The summed E-state index contributed by atoms with van der Waals surface area (Å²) in [6.45, 7) is -1.69. The van der Waals surface area contributed by atoms with E-state index in [9.17, 15) is 66.1 Å². The molecule has 13 N–H and O–H groups in total. The average Bonchev–Trinajstić information content (AvgIpc) is 3.04. The molecular weight excluding hydrogens is 646 g/mol. The van der Waals surface area contributed by atoms with Crippen molar-refractivity contribution in [2.75, 3.05) is 26.4 Å². The molecule has 0 bridgehead atoms. The lowest BCUT2D eigenvalue weighted by molar-refractivity contribution is -0.364. The Kier molecular flexibility index (Phi) is 13.6.